The van der Waals surface area contributed by atoms with Crippen LogP contribution in [0.4, 0.5) is 18.9 Å². The molecule has 0 fully saturated rings. The molecule has 5 nitrogen and oxygen atoms in total. The summed E-state index contributed by atoms with van der Waals surface area (Å²) < 4.78 is 69.1. The van der Waals surface area contributed by atoms with Crippen LogP contribution in [-0.2, 0) is 16.2 Å². The zero-order valence-electron chi connectivity index (χ0n) is 12.3. The van der Waals surface area contributed by atoms with Crippen LogP contribution in [0.15, 0.2) is 62.6 Å². The zero-order chi connectivity index (χ0) is 18.2. The standard InChI is InChI=1S/C16H9F3NO4S/c17-16(18,19)11-5-7-12(8-6-11)25(22,23)20-13-9-10-3-1-2-4-14(10)24-15(13)21/h1-3,5-9,20H. The number of rotatable bonds is 3. The van der Waals surface area contributed by atoms with E-state index < -0.39 is 32.3 Å². The van der Waals surface area contributed by atoms with E-state index in [-0.39, 0.29) is 11.3 Å². The van der Waals surface area contributed by atoms with Crippen molar-refractivity contribution in [3.8, 4) is 0 Å². The third-order valence-corrected chi connectivity index (χ3v) is 4.68. The molecule has 0 spiro atoms. The summed E-state index contributed by atoms with van der Waals surface area (Å²) in [6, 6.07) is 11.6. The first-order valence-corrected chi connectivity index (χ1v) is 8.30. The first-order valence-electron chi connectivity index (χ1n) is 6.81. The molecule has 25 heavy (non-hydrogen) atoms. The number of para-hydroxylation sites is 1. The largest absolute Gasteiger partial charge is 0.421 e. The molecule has 2 aromatic carbocycles. The summed E-state index contributed by atoms with van der Waals surface area (Å²) >= 11 is 0. The number of anilines is 1. The fraction of sp³-hybridized carbons (Fsp3) is 0.0625. The van der Waals surface area contributed by atoms with Crippen LogP contribution in [0, 0.1) is 6.07 Å². The molecule has 3 aromatic rings. The van der Waals surface area contributed by atoms with Crippen LogP contribution in [0.3, 0.4) is 0 Å². The topological polar surface area (TPSA) is 76.4 Å². The van der Waals surface area contributed by atoms with Crippen LogP contribution in [0.1, 0.15) is 5.56 Å². The number of hydrogen-bond donors (Lipinski definition) is 1. The molecule has 9 heteroatoms. The number of benzene rings is 2. The predicted octanol–water partition coefficient (Wildman–Crippen LogP) is 3.41. The van der Waals surface area contributed by atoms with E-state index in [0.717, 1.165) is 12.1 Å². The Bertz CT molecular complexity index is 1090. The average molecular weight is 368 g/mol. The van der Waals surface area contributed by atoms with Gasteiger partial charge in [0.1, 0.15) is 11.3 Å². The Labute approximate surface area is 139 Å². The van der Waals surface area contributed by atoms with E-state index in [1.165, 1.54) is 12.1 Å². The Morgan fingerprint density at radius 3 is 2.40 bits per heavy atom. The van der Waals surface area contributed by atoms with Gasteiger partial charge in [-0.05, 0) is 30.3 Å². The molecule has 0 aliphatic carbocycles. The van der Waals surface area contributed by atoms with Gasteiger partial charge in [0.05, 0.1) is 10.5 Å². The predicted molar refractivity (Wildman–Crippen MR) is 83.6 cm³/mol. The Morgan fingerprint density at radius 2 is 1.76 bits per heavy atom. The maximum absolute atomic E-state index is 12.5. The summed E-state index contributed by atoms with van der Waals surface area (Å²) in [6.45, 7) is 0. The molecule has 3 rings (SSSR count). The third-order valence-electron chi connectivity index (χ3n) is 3.30. The minimum atomic E-state index is -4.58. The van der Waals surface area contributed by atoms with Crippen molar-refractivity contribution in [2.75, 3.05) is 4.72 Å². The second-order valence-corrected chi connectivity index (χ2v) is 6.71. The molecule has 0 atom stereocenters. The van der Waals surface area contributed by atoms with Gasteiger partial charge in [-0.3, -0.25) is 4.72 Å². The summed E-state index contributed by atoms with van der Waals surface area (Å²) in [7, 11) is -4.25. The van der Waals surface area contributed by atoms with Gasteiger partial charge in [-0.15, -0.1) is 0 Å². The van der Waals surface area contributed by atoms with Gasteiger partial charge in [-0.2, -0.15) is 13.2 Å². The fourth-order valence-corrected chi connectivity index (χ4v) is 3.14. The normalized spacial score (nSPS) is 12.3. The van der Waals surface area contributed by atoms with Crippen LogP contribution in [0.25, 0.3) is 11.0 Å². The molecule has 1 heterocycles. The first-order chi connectivity index (χ1) is 11.7. The maximum Gasteiger partial charge on any atom is 0.416 e. The Morgan fingerprint density at radius 1 is 1.08 bits per heavy atom. The number of fused-ring (bicyclic) bond motifs is 1. The van der Waals surface area contributed by atoms with Crippen LogP contribution in [0.2, 0.25) is 0 Å². The molecule has 1 aromatic heterocycles. The highest BCUT2D eigenvalue weighted by Crippen LogP contribution is 2.30. The lowest BCUT2D eigenvalue weighted by Gasteiger charge is -2.10. The summed E-state index contributed by atoms with van der Waals surface area (Å²) in [4.78, 5) is 11.4. The van der Waals surface area contributed by atoms with E-state index in [1.807, 2.05) is 4.72 Å². The minimum absolute atomic E-state index is 0.157. The maximum atomic E-state index is 12.5. The van der Waals surface area contributed by atoms with Gasteiger partial charge in [-0.25, -0.2) is 13.2 Å². The summed E-state index contributed by atoms with van der Waals surface area (Å²) in [5.41, 5.74) is -2.12. The lowest BCUT2D eigenvalue weighted by molar-refractivity contribution is -0.137. The highest BCUT2D eigenvalue weighted by Gasteiger charge is 2.30. The monoisotopic (exact) mass is 368 g/mol. The van der Waals surface area contributed by atoms with E-state index >= 15 is 0 Å². The van der Waals surface area contributed by atoms with Crippen molar-refractivity contribution >= 4 is 26.7 Å². The first kappa shape index (κ1) is 17.0. The van der Waals surface area contributed by atoms with Gasteiger partial charge in [0.25, 0.3) is 10.0 Å². The second kappa shape index (κ2) is 5.92. The van der Waals surface area contributed by atoms with E-state index in [1.54, 1.807) is 12.1 Å². The molecule has 1 radical (unpaired) electrons. The van der Waals surface area contributed by atoms with Gasteiger partial charge in [-0.1, -0.05) is 18.2 Å². The molecule has 129 valence electrons. The number of hydrogen-bond acceptors (Lipinski definition) is 4. The Hall–Kier alpha value is -2.81. The van der Waals surface area contributed by atoms with Crippen LogP contribution in [0.5, 0.6) is 0 Å². The Kier molecular flexibility index (Phi) is 4.03. The molecule has 0 amide bonds. The molecule has 0 aliphatic rings. The van der Waals surface area contributed by atoms with Crippen molar-refractivity contribution in [3.05, 3.63) is 70.6 Å². The lowest BCUT2D eigenvalue weighted by atomic mass is 10.2. The Balaban J connectivity index is 1.96. The molecule has 1 N–H and O–H groups in total. The van der Waals surface area contributed by atoms with Gasteiger partial charge in [0.2, 0.25) is 0 Å². The van der Waals surface area contributed by atoms with E-state index in [9.17, 15) is 26.4 Å². The number of alkyl halides is 3. The molecular weight excluding hydrogens is 359 g/mol. The molecule has 0 saturated heterocycles. The van der Waals surface area contributed by atoms with Crippen molar-refractivity contribution < 1.29 is 26.0 Å². The van der Waals surface area contributed by atoms with Gasteiger partial charge in [0.15, 0.2) is 0 Å². The number of sulfonamides is 1. The van der Waals surface area contributed by atoms with Gasteiger partial charge in [0, 0.05) is 11.5 Å². The molecule has 0 bridgehead atoms. The van der Waals surface area contributed by atoms with Crippen LogP contribution < -0.4 is 10.3 Å². The van der Waals surface area contributed by atoms with Gasteiger partial charge < -0.3 is 4.42 Å². The van der Waals surface area contributed by atoms with E-state index in [4.69, 9.17) is 4.42 Å². The van der Waals surface area contributed by atoms with Gasteiger partial charge >= 0.3 is 11.8 Å². The number of halogens is 3. The smallest absolute Gasteiger partial charge is 0.416 e. The van der Waals surface area contributed by atoms with E-state index in [0.29, 0.717) is 17.5 Å². The zero-order valence-corrected chi connectivity index (χ0v) is 13.1. The molecule has 0 unspecified atom stereocenters. The van der Waals surface area contributed by atoms with Crippen molar-refractivity contribution in [1.82, 2.24) is 0 Å². The quantitative estimate of drug-likeness (QED) is 0.719. The second-order valence-electron chi connectivity index (χ2n) is 5.03. The molecule has 0 aliphatic heterocycles. The van der Waals surface area contributed by atoms with Crippen LogP contribution in [-0.4, -0.2) is 8.42 Å². The third kappa shape index (κ3) is 3.50. The minimum Gasteiger partial charge on any atom is -0.421 e. The fourth-order valence-electron chi connectivity index (χ4n) is 2.10. The molecule has 0 saturated carbocycles. The number of nitrogens with one attached hydrogen (secondary N) is 1. The van der Waals surface area contributed by atoms with E-state index in [2.05, 4.69) is 6.07 Å². The summed E-state index contributed by atoms with van der Waals surface area (Å²) in [5.74, 6) is 0. The molecular formula is C16H9F3NO4S. The highest BCUT2D eigenvalue weighted by atomic mass is 32.2. The lowest BCUT2D eigenvalue weighted by Crippen LogP contribution is -2.18. The summed E-state index contributed by atoms with van der Waals surface area (Å²) in [6.07, 6.45) is -4.58. The van der Waals surface area contributed by atoms with Crippen molar-refractivity contribution in [1.29, 1.82) is 0 Å². The summed E-state index contributed by atoms with van der Waals surface area (Å²) in [5, 5.41) is 0.437. The van der Waals surface area contributed by atoms with Crippen molar-refractivity contribution in [2.24, 2.45) is 0 Å². The van der Waals surface area contributed by atoms with Crippen molar-refractivity contribution in [3.63, 3.8) is 0 Å². The SMILES string of the molecule is O=c1oc2[c]cccc2cc1NS(=O)(=O)c1ccc(C(F)(F)F)cc1. The van der Waals surface area contributed by atoms with Crippen molar-refractivity contribution in [2.45, 2.75) is 11.1 Å². The highest BCUT2D eigenvalue weighted by molar-refractivity contribution is 7.92. The average Bonchev–Trinajstić information content (AvgIpc) is 2.55. The van der Waals surface area contributed by atoms with Crippen LogP contribution >= 0.6 is 0 Å².